The van der Waals surface area contributed by atoms with Gasteiger partial charge in [-0.1, -0.05) is 17.4 Å². The van der Waals surface area contributed by atoms with Crippen LogP contribution in [0.2, 0.25) is 0 Å². The Bertz CT molecular complexity index is 2220. The van der Waals surface area contributed by atoms with Gasteiger partial charge in [-0.15, -0.1) is 23.1 Å². The number of β-lactam (4-membered cyclic amide) rings is 1. The molecule has 3 aromatic rings. The number of thiocarbonyl (C=S) groups is 1. The van der Waals surface area contributed by atoms with Gasteiger partial charge < -0.3 is 39.9 Å². The van der Waals surface area contributed by atoms with E-state index in [1.807, 2.05) is 0 Å². The van der Waals surface area contributed by atoms with Gasteiger partial charge in [-0.3, -0.25) is 19.3 Å². The summed E-state index contributed by atoms with van der Waals surface area (Å²) in [4.78, 5) is 88.7. The third-order valence-electron chi connectivity index (χ3n) is 7.13. The second-order valence-electron chi connectivity index (χ2n) is 13.4. The summed E-state index contributed by atoms with van der Waals surface area (Å²) in [5.41, 5.74) is 0.559. The number of aliphatic carboxylic acids is 1. The number of carboxylic acids is 1. The normalized spacial score (nSPS) is 18.6. The number of nitrogen functional groups attached to an aromatic ring is 1. The summed E-state index contributed by atoms with van der Waals surface area (Å²) in [6, 6.07) is 3.63. The lowest BCUT2D eigenvalue weighted by atomic mass is 9.87. The summed E-state index contributed by atoms with van der Waals surface area (Å²) in [5.74, 6) is -4.15. The van der Waals surface area contributed by atoms with Crippen molar-refractivity contribution in [2.24, 2.45) is 5.16 Å². The fourth-order valence-electron chi connectivity index (χ4n) is 5.07. The highest BCUT2D eigenvalue weighted by Gasteiger charge is 2.65. The van der Waals surface area contributed by atoms with E-state index in [0.29, 0.717) is 0 Å². The number of fused-ring (bicyclic) bond motifs is 2. The van der Waals surface area contributed by atoms with Gasteiger partial charge in [0.15, 0.2) is 27.6 Å². The zero-order valence-corrected chi connectivity index (χ0v) is 32.8. The number of hydrogen-bond acceptors (Lipinski definition) is 19. The molecule has 4 N–H and O–H groups in total. The molecule has 0 spiro atoms. The van der Waals surface area contributed by atoms with E-state index in [1.165, 1.54) is 25.3 Å². The van der Waals surface area contributed by atoms with Crippen LogP contribution in [0.25, 0.3) is 15.7 Å². The Hall–Kier alpha value is -5.19. The monoisotopic (exact) mass is 820 g/mol. The maximum absolute atomic E-state index is 13.8. The van der Waals surface area contributed by atoms with Gasteiger partial charge in [-0.25, -0.2) is 14.4 Å². The molecular formula is C32H32N6O12S4. The molecule has 286 valence electrons. The first-order chi connectivity index (χ1) is 25.2. The van der Waals surface area contributed by atoms with Crippen molar-refractivity contribution in [1.82, 2.24) is 19.6 Å². The molecule has 2 amide bonds. The third-order valence-corrected chi connectivity index (χ3v) is 10.5. The zero-order chi connectivity index (χ0) is 39.9. The van der Waals surface area contributed by atoms with E-state index in [-0.39, 0.29) is 48.7 Å². The summed E-state index contributed by atoms with van der Waals surface area (Å²) < 4.78 is 25.4. The Kier molecular flexibility index (Phi) is 11.0. The van der Waals surface area contributed by atoms with E-state index in [4.69, 9.17) is 41.7 Å². The second kappa shape index (κ2) is 14.9. The van der Waals surface area contributed by atoms with Gasteiger partial charge in [0.05, 0.1) is 0 Å². The molecule has 0 saturated carbocycles. The number of benzene rings is 1. The van der Waals surface area contributed by atoms with Gasteiger partial charge in [0.2, 0.25) is 11.5 Å². The van der Waals surface area contributed by atoms with Gasteiger partial charge in [-0.05, 0) is 47.6 Å². The highest BCUT2D eigenvalue weighted by atomic mass is 32.2. The number of ether oxygens (including phenoxy) is 4. The first-order valence-corrected chi connectivity index (χ1v) is 18.6. The number of thioether (sulfide) groups is 1. The average molecular weight is 821 g/mol. The Morgan fingerprint density at radius 3 is 2.19 bits per heavy atom. The molecule has 0 radical (unpaired) electrons. The third kappa shape index (κ3) is 8.15. The minimum Gasteiger partial charge on any atom is -0.477 e. The highest BCUT2D eigenvalue weighted by molar-refractivity contribution is 8.00. The molecule has 18 nitrogen and oxygen atoms in total. The molecule has 0 aliphatic carbocycles. The molecule has 2 atom stereocenters. The van der Waals surface area contributed by atoms with E-state index in [0.717, 1.165) is 44.9 Å². The molecule has 1 fully saturated rings. The molecule has 0 bridgehead atoms. The summed E-state index contributed by atoms with van der Waals surface area (Å²) in [6.07, 6.45) is -2.27. The largest absolute Gasteiger partial charge is 0.514 e. The maximum atomic E-state index is 13.8. The molecule has 2 aromatic heterocycles. The van der Waals surface area contributed by atoms with Crippen molar-refractivity contribution in [3.05, 3.63) is 44.8 Å². The van der Waals surface area contributed by atoms with Crippen LogP contribution < -0.4 is 26.0 Å². The molecule has 5 rings (SSSR count). The summed E-state index contributed by atoms with van der Waals surface area (Å²) >= 11 is 8.02. The van der Waals surface area contributed by atoms with Crippen molar-refractivity contribution < 1.29 is 52.9 Å². The molecular weight excluding hydrogens is 789 g/mol. The first-order valence-electron chi connectivity index (χ1n) is 15.5. The first kappa shape index (κ1) is 40.0. The summed E-state index contributed by atoms with van der Waals surface area (Å²) in [5, 5.41) is 16.7. The predicted octanol–water partition coefficient (Wildman–Crippen LogP) is 3.94. The Labute approximate surface area is 323 Å². The number of anilines is 1. The van der Waals surface area contributed by atoms with Crippen molar-refractivity contribution in [3.63, 3.8) is 0 Å². The van der Waals surface area contributed by atoms with Crippen LogP contribution in [0.4, 0.5) is 14.7 Å². The minimum absolute atomic E-state index is 0.0324. The topological polar surface area (TPSA) is 248 Å². The number of rotatable bonds is 9. The van der Waals surface area contributed by atoms with E-state index in [2.05, 4.69) is 19.8 Å². The fraction of sp³-hybridized carbons (Fsp3) is 0.375. The van der Waals surface area contributed by atoms with E-state index >= 15 is 0 Å². The van der Waals surface area contributed by atoms with Crippen LogP contribution in [0.3, 0.4) is 0 Å². The van der Waals surface area contributed by atoms with Crippen LogP contribution in [0.1, 0.15) is 52.2 Å². The number of carbonyl (C=O) groups is 5. The standard InChI is InChI=1S/C32H32N6O12S4/c1-30(2,3)49-28(44)47-16-8-13-15(39)9-18(53-19(13)10-17(16)48-29(45)50-31(4,5)6)14-11-52-26-32(12-51,25(43)38(26)21(14)24(41)42)35-23(40)20(36-46-7)22-34-27(33)54-37-22/h8-10,12,26H,11H2,1-7H3,(H,35,40)(H,41,42)(H2,33,34,37)/t26-,32?/m0/s1. The number of carboxylic acid groups (broad SMARTS) is 1. The number of carbonyl (C=O) groups excluding carboxylic acids is 4. The molecule has 2 aliphatic rings. The van der Waals surface area contributed by atoms with Gasteiger partial charge in [0.25, 0.3) is 11.8 Å². The number of aromatic nitrogens is 2. The number of oxime groups is 1. The summed E-state index contributed by atoms with van der Waals surface area (Å²) in [6.45, 7) is 9.68. The number of hydrogen-bond donors (Lipinski definition) is 3. The molecule has 54 heavy (non-hydrogen) atoms. The number of nitrogens with one attached hydrogen (secondary N) is 1. The molecule has 1 unspecified atom stereocenters. The molecule has 2 aliphatic heterocycles. The van der Waals surface area contributed by atoms with Gasteiger partial charge in [0, 0.05) is 55.3 Å². The van der Waals surface area contributed by atoms with Gasteiger partial charge in [0.1, 0.15) is 29.4 Å². The smallest absolute Gasteiger partial charge is 0.477 e. The van der Waals surface area contributed by atoms with Crippen LogP contribution in [0, 0.1) is 0 Å². The van der Waals surface area contributed by atoms with Gasteiger partial charge in [-0.2, -0.15) is 9.36 Å². The Balaban J connectivity index is 1.54. The highest BCUT2D eigenvalue weighted by Crippen LogP contribution is 2.49. The quantitative estimate of drug-likeness (QED) is 0.0691. The van der Waals surface area contributed by atoms with Crippen LogP contribution in [0.5, 0.6) is 11.5 Å². The van der Waals surface area contributed by atoms with Crippen LogP contribution in [0.15, 0.2) is 33.8 Å². The maximum Gasteiger partial charge on any atom is 0.514 e. The van der Waals surface area contributed by atoms with Crippen LogP contribution in [-0.2, 0) is 28.7 Å². The lowest BCUT2D eigenvalue weighted by Crippen LogP contribution is -2.80. The minimum atomic E-state index is -1.85. The van der Waals surface area contributed by atoms with Crippen molar-refractivity contribution >= 4 is 109 Å². The van der Waals surface area contributed by atoms with Gasteiger partial charge >= 0.3 is 18.3 Å². The van der Waals surface area contributed by atoms with Crippen LogP contribution in [-0.4, -0.2) is 95.5 Å². The lowest BCUT2D eigenvalue weighted by molar-refractivity contribution is -0.153. The zero-order valence-electron chi connectivity index (χ0n) is 29.5. The van der Waals surface area contributed by atoms with Crippen molar-refractivity contribution in [2.75, 3.05) is 18.6 Å². The van der Waals surface area contributed by atoms with Crippen molar-refractivity contribution in [2.45, 2.75) is 63.7 Å². The van der Waals surface area contributed by atoms with Crippen LogP contribution >= 0.6 is 46.8 Å². The van der Waals surface area contributed by atoms with E-state index in [9.17, 15) is 33.9 Å². The number of nitrogens with two attached hydrogens (primary N) is 1. The average Bonchev–Trinajstić information content (AvgIpc) is 3.49. The Morgan fingerprint density at radius 2 is 1.67 bits per heavy atom. The molecule has 4 heterocycles. The lowest BCUT2D eigenvalue weighted by Gasteiger charge is -2.55. The molecule has 22 heteroatoms. The second-order valence-corrected chi connectivity index (χ2v) is 16.6. The Morgan fingerprint density at radius 1 is 1.06 bits per heavy atom. The summed E-state index contributed by atoms with van der Waals surface area (Å²) in [7, 11) is 1.18. The SMILES string of the molecule is CON=C(C(=O)NC1(C=S)C(=O)N2C(C(=O)O)=C(c3cc(=O)c4cc(OC(=O)OC(C)(C)C)c(OC(=O)OC(C)(C)C)cc4s3)CS[C@H]21)c1nsc(N)n1. The predicted molar refractivity (Wildman–Crippen MR) is 202 cm³/mol. The van der Waals surface area contributed by atoms with Crippen molar-refractivity contribution in [3.8, 4) is 11.5 Å². The van der Waals surface area contributed by atoms with Crippen molar-refractivity contribution in [1.29, 1.82) is 0 Å². The molecule has 1 aromatic carbocycles. The number of nitrogens with zero attached hydrogens (tertiary/aromatic N) is 4. The van der Waals surface area contributed by atoms with E-state index < -0.39 is 69.0 Å². The molecule has 1 saturated heterocycles. The van der Waals surface area contributed by atoms with E-state index in [1.54, 1.807) is 41.5 Å². The number of amides is 2. The fourth-order valence-corrected chi connectivity index (χ4v) is 8.56.